The van der Waals surface area contributed by atoms with Crippen LogP contribution in [-0.2, 0) is 6.42 Å². The van der Waals surface area contributed by atoms with Crippen LogP contribution in [0.4, 0.5) is 0 Å². The van der Waals surface area contributed by atoms with Gasteiger partial charge in [-0.15, -0.1) is 0 Å². The molecule has 0 saturated heterocycles. The molecule has 88 valence electrons. The van der Waals surface area contributed by atoms with Crippen LogP contribution >= 0.6 is 0 Å². The van der Waals surface area contributed by atoms with Crippen molar-refractivity contribution < 1.29 is 4.74 Å². The van der Waals surface area contributed by atoms with Crippen LogP contribution in [0.25, 0.3) is 0 Å². The zero-order chi connectivity index (χ0) is 11.8. The molecule has 1 aromatic carbocycles. The van der Waals surface area contributed by atoms with E-state index in [0.717, 1.165) is 18.6 Å². The number of methoxy groups -OCH3 is 1. The monoisotopic (exact) mass is 219 g/mol. The molecule has 0 saturated carbocycles. The van der Waals surface area contributed by atoms with Gasteiger partial charge in [0.05, 0.1) is 7.11 Å². The number of nitrogens with two attached hydrogens (primary N) is 1. The molecule has 0 heterocycles. The summed E-state index contributed by atoms with van der Waals surface area (Å²) in [5, 5.41) is 0. The van der Waals surface area contributed by atoms with Crippen LogP contribution in [0.5, 0.6) is 5.75 Å². The standard InChI is InChI=1S/C14H21NO/c1-14(2)7-6-10-4-5-11(16-3)8-12(10)13(15)9-14/h4-5,8,13H,6-7,9,15H2,1-3H3. The molecule has 0 amide bonds. The zero-order valence-electron chi connectivity index (χ0n) is 10.4. The van der Waals surface area contributed by atoms with E-state index >= 15 is 0 Å². The minimum atomic E-state index is 0.141. The predicted octanol–water partition coefficient (Wildman–Crippen LogP) is 3.06. The molecule has 0 aliphatic heterocycles. The summed E-state index contributed by atoms with van der Waals surface area (Å²) in [5.41, 5.74) is 9.29. The van der Waals surface area contributed by atoms with Crippen LogP contribution in [-0.4, -0.2) is 7.11 Å². The molecule has 0 radical (unpaired) electrons. The summed E-state index contributed by atoms with van der Waals surface area (Å²) in [6.07, 6.45) is 3.38. The van der Waals surface area contributed by atoms with Gasteiger partial charge in [0.1, 0.15) is 5.75 Å². The van der Waals surface area contributed by atoms with E-state index in [4.69, 9.17) is 10.5 Å². The largest absolute Gasteiger partial charge is 0.497 e. The topological polar surface area (TPSA) is 35.2 Å². The maximum absolute atomic E-state index is 6.29. The van der Waals surface area contributed by atoms with Crippen LogP contribution in [0.3, 0.4) is 0 Å². The number of fused-ring (bicyclic) bond motifs is 1. The molecular weight excluding hydrogens is 198 g/mol. The third kappa shape index (κ3) is 2.22. The van der Waals surface area contributed by atoms with Gasteiger partial charge in [0, 0.05) is 6.04 Å². The SMILES string of the molecule is COc1ccc2c(c1)C(N)CC(C)(C)CC2. The van der Waals surface area contributed by atoms with Gasteiger partial charge in [-0.3, -0.25) is 0 Å². The fourth-order valence-electron chi connectivity index (χ4n) is 2.55. The summed E-state index contributed by atoms with van der Waals surface area (Å²) < 4.78 is 5.27. The molecule has 1 atom stereocenters. The van der Waals surface area contributed by atoms with Gasteiger partial charge < -0.3 is 10.5 Å². The fourth-order valence-corrected chi connectivity index (χ4v) is 2.55. The van der Waals surface area contributed by atoms with Crippen molar-refractivity contribution in [2.75, 3.05) is 7.11 Å². The van der Waals surface area contributed by atoms with E-state index in [-0.39, 0.29) is 6.04 Å². The van der Waals surface area contributed by atoms with Gasteiger partial charge in [-0.25, -0.2) is 0 Å². The average Bonchev–Trinajstić information content (AvgIpc) is 2.35. The lowest BCUT2D eigenvalue weighted by Gasteiger charge is -2.24. The summed E-state index contributed by atoms with van der Waals surface area (Å²) in [4.78, 5) is 0. The van der Waals surface area contributed by atoms with E-state index in [2.05, 4.69) is 26.0 Å². The van der Waals surface area contributed by atoms with Crippen molar-refractivity contribution in [3.63, 3.8) is 0 Å². The first-order valence-electron chi connectivity index (χ1n) is 5.94. The molecule has 0 spiro atoms. The molecule has 1 aliphatic carbocycles. The minimum Gasteiger partial charge on any atom is -0.497 e. The Morgan fingerprint density at radius 3 is 2.81 bits per heavy atom. The Labute approximate surface area is 97.8 Å². The third-order valence-corrected chi connectivity index (χ3v) is 3.60. The van der Waals surface area contributed by atoms with E-state index in [9.17, 15) is 0 Å². The lowest BCUT2D eigenvalue weighted by molar-refractivity contribution is 0.293. The van der Waals surface area contributed by atoms with Gasteiger partial charge >= 0.3 is 0 Å². The second kappa shape index (κ2) is 4.10. The second-order valence-corrected chi connectivity index (χ2v) is 5.54. The highest BCUT2D eigenvalue weighted by atomic mass is 16.5. The minimum absolute atomic E-state index is 0.141. The van der Waals surface area contributed by atoms with Gasteiger partial charge in [-0.2, -0.15) is 0 Å². The quantitative estimate of drug-likeness (QED) is 0.737. The highest BCUT2D eigenvalue weighted by Gasteiger charge is 2.27. The Morgan fingerprint density at radius 1 is 1.38 bits per heavy atom. The molecular formula is C14H21NO. The zero-order valence-corrected chi connectivity index (χ0v) is 10.4. The summed E-state index contributed by atoms with van der Waals surface area (Å²) in [7, 11) is 1.70. The van der Waals surface area contributed by atoms with Crippen molar-refractivity contribution in [2.24, 2.45) is 11.1 Å². The molecule has 16 heavy (non-hydrogen) atoms. The van der Waals surface area contributed by atoms with Crippen LogP contribution in [0, 0.1) is 5.41 Å². The average molecular weight is 219 g/mol. The van der Waals surface area contributed by atoms with E-state index in [1.807, 2.05) is 6.07 Å². The van der Waals surface area contributed by atoms with E-state index in [1.165, 1.54) is 17.5 Å². The van der Waals surface area contributed by atoms with Gasteiger partial charge in [0.25, 0.3) is 0 Å². The van der Waals surface area contributed by atoms with Crippen molar-refractivity contribution >= 4 is 0 Å². The molecule has 2 rings (SSSR count). The molecule has 0 aromatic heterocycles. The van der Waals surface area contributed by atoms with Crippen LogP contribution in [0.1, 0.15) is 43.9 Å². The van der Waals surface area contributed by atoms with Crippen molar-refractivity contribution in [3.8, 4) is 5.75 Å². The predicted molar refractivity (Wildman–Crippen MR) is 66.6 cm³/mol. The van der Waals surface area contributed by atoms with Gasteiger partial charge in [-0.05, 0) is 47.9 Å². The summed E-state index contributed by atoms with van der Waals surface area (Å²) in [6.45, 7) is 4.60. The molecule has 2 heteroatoms. The van der Waals surface area contributed by atoms with Gasteiger partial charge in [-0.1, -0.05) is 19.9 Å². The second-order valence-electron chi connectivity index (χ2n) is 5.54. The van der Waals surface area contributed by atoms with Crippen LogP contribution in [0.2, 0.25) is 0 Å². The molecule has 1 unspecified atom stereocenters. The van der Waals surface area contributed by atoms with E-state index in [0.29, 0.717) is 5.41 Å². The first-order chi connectivity index (χ1) is 7.52. The molecule has 1 aromatic rings. The Bertz CT molecular complexity index is 384. The van der Waals surface area contributed by atoms with Crippen molar-refractivity contribution in [1.29, 1.82) is 0 Å². The highest BCUT2D eigenvalue weighted by molar-refractivity contribution is 5.38. The Kier molecular flexibility index (Phi) is 2.94. The Balaban J connectivity index is 2.37. The van der Waals surface area contributed by atoms with Crippen LogP contribution in [0.15, 0.2) is 18.2 Å². The first-order valence-corrected chi connectivity index (χ1v) is 5.94. The van der Waals surface area contributed by atoms with Crippen molar-refractivity contribution in [3.05, 3.63) is 29.3 Å². The molecule has 2 nitrogen and oxygen atoms in total. The number of hydrogen-bond acceptors (Lipinski definition) is 2. The molecule has 0 fully saturated rings. The maximum Gasteiger partial charge on any atom is 0.119 e. The lowest BCUT2D eigenvalue weighted by Crippen LogP contribution is -2.19. The fraction of sp³-hybridized carbons (Fsp3) is 0.571. The van der Waals surface area contributed by atoms with E-state index in [1.54, 1.807) is 7.11 Å². The van der Waals surface area contributed by atoms with Gasteiger partial charge in [0.2, 0.25) is 0 Å². The Hall–Kier alpha value is -1.02. The smallest absolute Gasteiger partial charge is 0.119 e. The van der Waals surface area contributed by atoms with Crippen molar-refractivity contribution in [1.82, 2.24) is 0 Å². The first kappa shape index (κ1) is 11.5. The summed E-state index contributed by atoms with van der Waals surface area (Å²) >= 11 is 0. The highest BCUT2D eigenvalue weighted by Crippen LogP contribution is 2.39. The normalized spacial score (nSPS) is 23.4. The number of ether oxygens (including phenoxy) is 1. The summed E-state index contributed by atoms with van der Waals surface area (Å²) in [6, 6.07) is 6.43. The maximum atomic E-state index is 6.29. The molecule has 2 N–H and O–H groups in total. The number of benzene rings is 1. The van der Waals surface area contributed by atoms with E-state index < -0.39 is 0 Å². The van der Waals surface area contributed by atoms with Crippen molar-refractivity contribution in [2.45, 2.75) is 39.2 Å². The molecule has 0 bridgehead atoms. The number of aryl methyl sites for hydroxylation is 1. The Morgan fingerprint density at radius 2 is 2.12 bits per heavy atom. The number of hydrogen-bond donors (Lipinski definition) is 1. The number of rotatable bonds is 1. The van der Waals surface area contributed by atoms with Gasteiger partial charge in [0.15, 0.2) is 0 Å². The molecule has 1 aliphatic rings. The lowest BCUT2D eigenvalue weighted by atomic mass is 9.83. The van der Waals surface area contributed by atoms with Crippen LogP contribution < -0.4 is 10.5 Å². The third-order valence-electron chi connectivity index (χ3n) is 3.60. The summed E-state index contributed by atoms with van der Waals surface area (Å²) in [5.74, 6) is 0.911.